The Morgan fingerprint density at radius 2 is 2.14 bits per heavy atom. The lowest BCUT2D eigenvalue weighted by molar-refractivity contribution is 1.52. The number of hydrogen-bond acceptors (Lipinski definition) is 1. The molecular weight excluding hydrogens is 110 g/mol. The van der Waals surface area contributed by atoms with Crippen LogP contribution < -0.4 is 0 Å². The van der Waals surface area contributed by atoms with Crippen molar-refractivity contribution in [2.45, 2.75) is 0 Å². The molecule has 0 amide bonds. The van der Waals surface area contributed by atoms with Crippen LogP contribution in [0.1, 0.15) is 0 Å². The van der Waals surface area contributed by atoms with Gasteiger partial charge in [0.25, 0.3) is 0 Å². The number of allylic oxidation sites excluding steroid dienone is 3. The molecule has 0 aromatic rings. The highest BCUT2D eigenvalue weighted by molar-refractivity contribution is 6.37. The molecule has 0 spiro atoms. The maximum atomic E-state index is 8.09. The number of rotatable bonds is 0. The van der Waals surface area contributed by atoms with Gasteiger partial charge in [0, 0.05) is 5.57 Å². The highest BCUT2D eigenvalue weighted by Gasteiger charge is 2.24. The van der Waals surface area contributed by atoms with Crippen LogP contribution >= 0.6 is 11.6 Å². The molecule has 0 unspecified atom stereocenters. The lowest BCUT2D eigenvalue weighted by atomic mass is 10.5. The fourth-order valence-corrected chi connectivity index (χ4v) is 0.520. The number of hydrogen-bond donors (Lipinski definition) is 0. The summed E-state index contributed by atoms with van der Waals surface area (Å²) in [6.45, 7) is 3.47. The van der Waals surface area contributed by atoms with Crippen LogP contribution in [0.15, 0.2) is 22.8 Å². The highest BCUT2D eigenvalue weighted by Crippen LogP contribution is 2.38. The normalized spacial score (nSPS) is 16.9. The Labute approximate surface area is 46.5 Å². The molecule has 34 valence electrons. The standard InChI is InChI=1S/C5H2ClN/c1-3-4(2-7)5(3)6/h1H2. The summed E-state index contributed by atoms with van der Waals surface area (Å²) in [6.07, 6.45) is 0. The van der Waals surface area contributed by atoms with Gasteiger partial charge in [0.2, 0.25) is 0 Å². The van der Waals surface area contributed by atoms with Crippen molar-refractivity contribution < 1.29 is 0 Å². The monoisotopic (exact) mass is 111 g/mol. The van der Waals surface area contributed by atoms with E-state index in [4.69, 9.17) is 16.9 Å². The van der Waals surface area contributed by atoms with Gasteiger partial charge in [0.05, 0.1) is 10.6 Å². The number of nitriles is 1. The summed E-state index contributed by atoms with van der Waals surface area (Å²) in [6, 6.07) is 1.89. The quantitative estimate of drug-likeness (QED) is 0.466. The maximum absolute atomic E-state index is 8.09. The second-order valence-corrected chi connectivity index (χ2v) is 1.66. The van der Waals surface area contributed by atoms with E-state index in [-0.39, 0.29) is 0 Å². The Hall–Kier alpha value is -0.740. The lowest BCUT2D eigenvalue weighted by Crippen LogP contribution is -1.45. The van der Waals surface area contributed by atoms with Gasteiger partial charge in [0.15, 0.2) is 0 Å². The summed E-state index contributed by atoms with van der Waals surface area (Å²) >= 11 is 5.36. The van der Waals surface area contributed by atoms with E-state index in [1.807, 2.05) is 6.07 Å². The summed E-state index contributed by atoms with van der Waals surface area (Å²) in [7, 11) is 0. The van der Waals surface area contributed by atoms with Crippen molar-refractivity contribution in [2.24, 2.45) is 0 Å². The van der Waals surface area contributed by atoms with Crippen molar-refractivity contribution >= 4 is 11.6 Å². The topological polar surface area (TPSA) is 23.8 Å². The van der Waals surface area contributed by atoms with E-state index in [1.54, 1.807) is 0 Å². The van der Waals surface area contributed by atoms with Gasteiger partial charge < -0.3 is 0 Å². The van der Waals surface area contributed by atoms with E-state index >= 15 is 0 Å². The van der Waals surface area contributed by atoms with Crippen LogP contribution in [0.4, 0.5) is 0 Å². The first kappa shape index (κ1) is 4.42. The SMILES string of the molecule is C=C1C(Cl)=C1C#N. The van der Waals surface area contributed by atoms with Gasteiger partial charge in [-0.25, -0.2) is 0 Å². The fraction of sp³-hybridized carbons (Fsp3) is 0. The molecule has 1 aliphatic rings. The molecule has 0 bridgehead atoms. The molecule has 1 rings (SSSR count). The Morgan fingerprint density at radius 1 is 1.71 bits per heavy atom. The number of halogens is 1. The molecular formula is C5H2ClN. The van der Waals surface area contributed by atoms with Gasteiger partial charge >= 0.3 is 0 Å². The largest absolute Gasteiger partial charge is 0.192 e. The van der Waals surface area contributed by atoms with Crippen LogP contribution in [-0.2, 0) is 0 Å². The first-order valence-electron chi connectivity index (χ1n) is 1.77. The summed E-state index contributed by atoms with van der Waals surface area (Å²) in [5.74, 6) is 0. The third-order valence-electron chi connectivity index (χ3n) is 0.836. The molecule has 0 aromatic carbocycles. The second kappa shape index (κ2) is 1.11. The summed E-state index contributed by atoms with van der Waals surface area (Å²) in [5, 5.41) is 8.64. The third-order valence-corrected chi connectivity index (χ3v) is 1.25. The van der Waals surface area contributed by atoms with Gasteiger partial charge in [-0.05, 0) is 0 Å². The number of nitrogens with zero attached hydrogens (tertiary/aromatic N) is 1. The van der Waals surface area contributed by atoms with Gasteiger partial charge in [-0.1, -0.05) is 18.2 Å². The third kappa shape index (κ3) is 0.441. The average Bonchev–Trinajstić information content (AvgIpc) is 2.17. The summed E-state index contributed by atoms with van der Waals surface area (Å²) in [4.78, 5) is 0. The fourth-order valence-electron chi connectivity index (χ4n) is 0.317. The van der Waals surface area contributed by atoms with Gasteiger partial charge in [0.1, 0.15) is 6.07 Å². The van der Waals surface area contributed by atoms with Crippen LogP contribution in [0, 0.1) is 11.3 Å². The van der Waals surface area contributed by atoms with E-state index in [2.05, 4.69) is 6.58 Å². The first-order valence-corrected chi connectivity index (χ1v) is 2.14. The molecule has 0 fully saturated rings. The van der Waals surface area contributed by atoms with E-state index in [1.165, 1.54) is 0 Å². The summed E-state index contributed by atoms with van der Waals surface area (Å²) < 4.78 is 0. The predicted octanol–water partition coefficient (Wildman–Crippen LogP) is 1.57. The van der Waals surface area contributed by atoms with Gasteiger partial charge in [-0.3, -0.25) is 0 Å². The second-order valence-electron chi connectivity index (χ2n) is 1.28. The van der Waals surface area contributed by atoms with Crippen molar-refractivity contribution in [3.8, 4) is 6.07 Å². The van der Waals surface area contributed by atoms with E-state index in [0.29, 0.717) is 16.2 Å². The Kier molecular flexibility index (Phi) is 0.703. The van der Waals surface area contributed by atoms with E-state index in [9.17, 15) is 0 Å². The van der Waals surface area contributed by atoms with Gasteiger partial charge in [-0.15, -0.1) is 0 Å². The smallest absolute Gasteiger partial charge is 0.101 e. The van der Waals surface area contributed by atoms with Crippen molar-refractivity contribution in [1.82, 2.24) is 0 Å². The van der Waals surface area contributed by atoms with Crippen LogP contribution in [0.25, 0.3) is 0 Å². The van der Waals surface area contributed by atoms with E-state index in [0.717, 1.165) is 0 Å². The minimum absolute atomic E-state index is 0.544. The molecule has 0 heterocycles. The molecule has 0 saturated heterocycles. The molecule has 1 aliphatic carbocycles. The molecule has 0 atom stereocenters. The molecule has 0 saturated carbocycles. The Bertz CT molecular complexity index is 195. The van der Waals surface area contributed by atoms with Crippen LogP contribution in [0.5, 0.6) is 0 Å². The first-order chi connectivity index (χ1) is 3.27. The zero-order valence-electron chi connectivity index (χ0n) is 3.53. The van der Waals surface area contributed by atoms with Gasteiger partial charge in [-0.2, -0.15) is 5.26 Å². The lowest BCUT2D eigenvalue weighted by Gasteiger charge is -1.55. The zero-order valence-corrected chi connectivity index (χ0v) is 4.29. The minimum atomic E-state index is 0.544. The Morgan fingerprint density at radius 3 is 2.14 bits per heavy atom. The molecule has 0 N–H and O–H groups in total. The molecule has 1 nitrogen and oxygen atoms in total. The molecule has 0 aliphatic heterocycles. The highest BCUT2D eigenvalue weighted by atomic mass is 35.5. The van der Waals surface area contributed by atoms with E-state index < -0.39 is 0 Å². The minimum Gasteiger partial charge on any atom is -0.192 e. The zero-order chi connectivity index (χ0) is 5.44. The molecule has 7 heavy (non-hydrogen) atoms. The van der Waals surface area contributed by atoms with Crippen molar-refractivity contribution in [3.05, 3.63) is 22.8 Å². The molecule has 2 heteroatoms. The Balaban J connectivity index is 2.85. The van der Waals surface area contributed by atoms with Crippen LogP contribution in [0.3, 0.4) is 0 Å². The van der Waals surface area contributed by atoms with Crippen molar-refractivity contribution in [3.63, 3.8) is 0 Å². The average molecular weight is 112 g/mol. The molecule has 0 radical (unpaired) electrons. The van der Waals surface area contributed by atoms with Crippen LogP contribution in [-0.4, -0.2) is 0 Å². The maximum Gasteiger partial charge on any atom is 0.101 e. The molecule has 0 aromatic heterocycles. The van der Waals surface area contributed by atoms with Crippen LogP contribution in [0.2, 0.25) is 0 Å². The van der Waals surface area contributed by atoms with Crippen molar-refractivity contribution in [1.29, 1.82) is 5.26 Å². The predicted molar refractivity (Wildman–Crippen MR) is 27.6 cm³/mol. The van der Waals surface area contributed by atoms with Crippen molar-refractivity contribution in [2.75, 3.05) is 0 Å². The summed E-state index contributed by atoms with van der Waals surface area (Å²) in [5.41, 5.74) is 1.26.